The molecule has 3 aromatic rings. The summed E-state index contributed by atoms with van der Waals surface area (Å²) in [5.41, 5.74) is 3.74. The molecule has 0 N–H and O–H groups in total. The number of carbonyl (C=O) groups is 1. The van der Waals surface area contributed by atoms with Crippen molar-refractivity contribution in [2.24, 2.45) is 5.92 Å². The van der Waals surface area contributed by atoms with E-state index in [0.717, 1.165) is 43.9 Å². The van der Waals surface area contributed by atoms with Crippen LogP contribution in [0, 0.1) is 12.8 Å². The van der Waals surface area contributed by atoms with E-state index in [1.165, 1.54) is 5.56 Å². The lowest BCUT2D eigenvalue weighted by molar-refractivity contribution is 0.0478. The first-order valence-corrected chi connectivity index (χ1v) is 10.2. The van der Waals surface area contributed by atoms with Crippen LogP contribution >= 0.6 is 0 Å². The van der Waals surface area contributed by atoms with Crippen molar-refractivity contribution in [3.63, 3.8) is 0 Å². The third kappa shape index (κ3) is 4.57. The second kappa shape index (κ2) is 9.05. The Kier molecular flexibility index (Phi) is 6.06. The van der Waals surface area contributed by atoms with Gasteiger partial charge < -0.3 is 9.64 Å². The molecule has 1 saturated heterocycles. The molecular weight excluding hydrogens is 362 g/mol. The summed E-state index contributed by atoms with van der Waals surface area (Å²) in [6.45, 7) is 4.90. The molecule has 0 spiro atoms. The fraction of sp³-hybridized carbons (Fsp3) is 0.333. The maximum Gasteiger partial charge on any atom is 0.257 e. The summed E-state index contributed by atoms with van der Waals surface area (Å²) >= 11 is 0. The molecule has 1 amide bonds. The summed E-state index contributed by atoms with van der Waals surface area (Å²) in [5, 5.41) is 4.44. The minimum atomic E-state index is 0.0772. The van der Waals surface area contributed by atoms with Gasteiger partial charge in [0.15, 0.2) is 0 Å². The Morgan fingerprint density at radius 1 is 1.03 bits per heavy atom. The number of benzene rings is 2. The average Bonchev–Trinajstić information content (AvgIpc) is 3.16. The predicted octanol–water partition coefficient (Wildman–Crippen LogP) is 4.25. The number of carbonyl (C=O) groups excluding carboxylic acids is 1. The first-order valence-electron chi connectivity index (χ1n) is 10.2. The van der Waals surface area contributed by atoms with Crippen molar-refractivity contribution >= 4 is 5.91 Å². The number of piperidine rings is 1. The summed E-state index contributed by atoms with van der Waals surface area (Å²) < 4.78 is 7.72. The summed E-state index contributed by atoms with van der Waals surface area (Å²) in [6, 6.07) is 20.2. The van der Waals surface area contributed by atoms with E-state index in [1.807, 2.05) is 65.0 Å². The molecule has 0 atom stereocenters. The Labute approximate surface area is 171 Å². The Morgan fingerprint density at radius 2 is 1.69 bits per heavy atom. The van der Waals surface area contributed by atoms with E-state index in [9.17, 15) is 4.79 Å². The zero-order valence-corrected chi connectivity index (χ0v) is 16.8. The van der Waals surface area contributed by atoms with Gasteiger partial charge in [-0.1, -0.05) is 48.5 Å². The molecule has 0 aliphatic carbocycles. The van der Waals surface area contributed by atoms with Crippen LogP contribution in [0.5, 0.6) is 0 Å². The van der Waals surface area contributed by atoms with E-state index < -0.39 is 0 Å². The van der Waals surface area contributed by atoms with Gasteiger partial charge in [0.05, 0.1) is 29.7 Å². The van der Waals surface area contributed by atoms with Crippen molar-refractivity contribution in [1.82, 2.24) is 14.7 Å². The number of hydrogen-bond acceptors (Lipinski definition) is 3. The lowest BCUT2D eigenvalue weighted by atomic mass is 9.97. The van der Waals surface area contributed by atoms with Gasteiger partial charge in [0.2, 0.25) is 0 Å². The Morgan fingerprint density at radius 3 is 2.38 bits per heavy atom. The van der Waals surface area contributed by atoms with Crippen molar-refractivity contribution in [1.29, 1.82) is 0 Å². The molecule has 0 unspecified atom stereocenters. The van der Waals surface area contributed by atoms with Crippen molar-refractivity contribution in [3.05, 3.63) is 83.7 Å². The quantitative estimate of drug-likeness (QED) is 0.633. The summed E-state index contributed by atoms with van der Waals surface area (Å²) in [4.78, 5) is 15.0. The van der Waals surface area contributed by atoms with Crippen LogP contribution in [0.4, 0.5) is 0 Å². The molecule has 4 rings (SSSR count). The highest BCUT2D eigenvalue weighted by Crippen LogP contribution is 2.22. The van der Waals surface area contributed by atoms with Crippen LogP contribution in [0.15, 0.2) is 66.9 Å². The van der Waals surface area contributed by atoms with Crippen LogP contribution in [0.3, 0.4) is 0 Å². The Hall–Kier alpha value is -2.92. The summed E-state index contributed by atoms with van der Waals surface area (Å²) in [7, 11) is 0. The molecule has 1 aliphatic heterocycles. The molecule has 5 heteroatoms. The van der Waals surface area contributed by atoms with E-state index in [-0.39, 0.29) is 5.91 Å². The number of rotatable bonds is 6. The van der Waals surface area contributed by atoms with Gasteiger partial charge in [0.25, 0.3) is 5.91 Å². The normalized spacial score (nSPS) is 14.9. The minimum Gasteiger partial charge on any atom is -0.376 e. The summed E-state index contributed by atoms with van der Waals surface area (Å²) in [5.74, 6) is 0.587. The monoisotopic (exact) mass is 389 g/mol. The maximum atomic E-state index is 13.0. The smallest absolute Gasteiger partial charge is 0.257 e. The fourth-order valence-corrected chi connectivity index (χ4v) is 3.84. The van der Waals surface area contributed by atoms with Crippen molar-refractivity contribution in [2.75, 3.05) is 19.7 Å². The average molecular weight is 389 g/mol. The van der Waals surface area contributed by atoms with Crippen LogP contribution in [0.1, 0.15) is 34.5 Å². The number of likely N-dealkylation sites (tertiary alicyclic amines) is 1. The van der Waals surface area contributed by atoms with Crippen LogP contribution in [0.25, 0.3) is 5.69 Å². The Bertz CT molecular complexity index is 929. The topological polar surface area (TPSA) is 47.4 Å². The van der Waals surface area contributed by atoms with E-state index in [0.29, 0.717) is 18.1 Å². The zero-order valence-electron chi connectivity index (χ0n) is 16.8. The van der Waals surface area contributed by atoms with E-state index in [2.05, 4.69) is 17.2 Å². The molecule has 1 fully saturated rings. The maximum absolute atomic E-state index is 13.0. The highest BCUT2D eigenvalue weighted by Gasteiger charge is 2.26. The molecular formula is C24H27N3O2. The van der Waals surface area contributed by atoms with Gasteiger partial charge in [0.1, 0.15) is 0 Å². The highest BCUT2D eigenvalue weighted by atomic mass is 16.5. The van der Waals surface area contributed by atoms with Crippen LogP contribution in [-0.2, 0) is 11.3 Å². The van der Waals surface area contributed by atoms with Crippen LogP contribution < -0.4 is 0 Å². The highest BCUT2D eigenvalue weighted by molar-refractivity contribution is 5.95. The third-order valence-electron chi connectivity index (χ3n) is 5.61. The van der Waals surface area contributed by atoms with E-state index >= 15 is 0 Å². The molecule has 2 aromatic carbocycles. The second-order valence-electron chi connectivity index (χ2n) is 7.63. The number of aromatic nitrogens is 2. The number of ether oxygens (including phenoxy) is 1. The molecule has 150 valence electrons. The van der Waals surface area contributed by atoms with Gasteiger partial charge in [-0.05, 0) is 43.4 Å². The van der Waals surface area contributed by atoms with Crippen LogP contribution in [0.2, 0.25) is 0 Å². The zero-order chi connectivity index (χ0) is 20.1. The molecule has 1 aromatic heterocycles. The second-order valence-corrected chi connectivity index (χ2v) is 7.63. The van der Waals surface area contributed by atoms with Crippen LogP contribution in [-0.4, -0.2) is 40.3 Å². The van der Waals surface area contributed by atoms with Gasteiger partial charge in [-0.25, -0.2) is 4.68 Å². The Balaban J connectivity index is 1.30. The van der Waals surface area contributed by atoms with E-state index in [4.69, 9.17) is 4.74 Å². The number of hydrogen-bond donors (Lipinski definition) is 0. The SMILES string of the molecule is Cc1c(C(=O)N2CCC(COCc3ccccc3)CC2)cnn1-c1ccccc1. The lowest BCUT2D eigenvalue weighted by Crippen LogP contribution is -2.39. The van der Waals surface area contributed by atoms with Crippen molar-refractivity contribution in [2.45, 2.75) is 26.4 Å². The van der Waals surface area contributed by atoms with Crippen molar-refractivity contribution < 1.29 is 9.53 Å². The predicted molar refractivity (Wildman–Crippen MR) is 113 cm³/mol. The first-order chi connectivity index (χ1) is 14.2. The number of nitrogens with zero attached hydrogens (tertiary/aromatic N) is 3. The third-order valence-corrected chi connectivity index (χ3v) is 5.61. The largest absolute Gasteiger partial charge is 0.376 e. The van der Waals surface area contributed by atoms with E-state index in [1.54, 1.807) is 6.20 Å². The molecule has 1 aliphatic rings. The van der Waals surface area contributed by atoms with Gasteiger partial charge in [-0.3, -0.25) is 4.79 Å². The molecule has 0 saturated carbocycles. The minimum absolute atomic E-state index is 0.0772. The molecule has 5 nitrogen and oxygen atoms in total. The fourth-order valence-electron chi connectivity index (χ4n) is 3.84. The number of para-hydroxylation sites is 1. The molecule has 0 bridgehead atoms. The standard InChI is InChI=1S/C24H27N3O2/c1-19-23(16-25-27(19)22-10-6-3-7-11-22)24(28)26-14-12-21(13-15-26)18-29-17-20-8-4-2-5-9-20/h2-11,16,21H,12-15,17-18H2,1H3. The van der Waals surface area contributed by atoms with Gasteiger partial charge in [-0.2, -0.15) is 5.10 Å². The lowest BCUT2D eigenvalue weighted by Gasteiger charge is -2.31. The van der Waals surface area contributed by atoms with Crippen molar-refractivity contribution in [3.8, 4) is 5.69 Å². The van der Waals surface area contributed by atoms with Gasteiger partial charge in [0, 0.05) is 19.7 Å². The molecule has 0 radical (unpaired) electrons. The van der Waals surface area contributed by atoms with Gasteiger partial charge >= 0.3 is 0 Å². The number of amides is 1. The summed E-state index contributed by atoms with van der Waals surface area (Å²) in [6.07, 6.45) is 3.65. The van der Waals surface area contributed by atoms with Gasteiger partial charge in [-0.15, -0.1) is 0 Å². The molecule has 2 heterocycles. The first kappa shape index (κ1) is 19.4. The molecule has 29 heavy (non-hydrogen) atoms.